The van der Waals surface area contributed by atoms with E-state index in [9.17, 15) is 0 Å². The maximum Gasteiger partial charge on any atom is 0.0212 e. The summed E-state index contributed by atoms with van der Waals surface area (Å²) in [5, 5.41) is 0. The first-order valence-corrected chi connectivity index (χ1v) is 5.89. The van der Waals surface area contributed by atoms with Gasteiger partial charge in [0.2, 0.25) is 0 Å². The van der Waals surface area contributed by atoms with E-state index in [-0.39, 0.29) is 0 Å². The van der Waals surface area contributed by atoms with Gasteiger partial charge >= 0.3 is 0 Å². The molecule has 2 rings (SSSR count). The van der Waals surface area contributed by atoms with Gasteiger partial charge in [-0.2, -0.15) is 0 Å². The first-order valence-electron chi connectivity index (χ1n) is 5.10. The number of hydrogen-bond acceptors (Lipinski definition) is 0. The highest BCUT2D eigenvalue weighted by Crippen LogP contribution is 2.38. The summed E-state index contributed by atoms with van der Waals surface area (Å²) in [6, 6.07) is 6.61. The lowest BCUT2D eigenvalue weighted by atomic mass is 9.81. The second kappa shape index (κ2) is 3.83. The Kier molecular flexibility index (Phi) is 2.73. The van der Waals surface area contributed by atoms with Gasteiger partial charge in [-0.1, -0.05) is 35.0 Å². The van der Waals surface area contributed by atoms with E-state index in [0.717, 1.165) is 5.92 Å². The van der Waals surface area contributed by atoms with Crippen LogP contribution in [0.3, 0.4) is 0 Å². The Hall–Kier alpha value is -0.300. The van der Waals surface area contributed by atoms with E-state index >= 15 is 0 Å². The third-order valence-electron chi connectivity index (χ3n) is 3.04. The molecule has 1 aromatic rings. The Balaban J connectivity index is 2.47. The van der Waals surface area contributed by atoms with Gasteiger partial charge in [-0.05, 0) is 48.8 Å². The quantitative estimate of drug-likeness (QED) is 0.686. The number of halogens is 1. The van der Waals surface area contributed by atoms with Gasteiger partial charge in [0.15, 0.2) is 0 Å². The molecule has 0 saturated heterocycles. The molecule has 0 aliphatic heterocycles. The largest absolute Gasteiger partial charge is 0.0648 e. The lowest BCUT2D eigenvalue weighted by Gasteiger charge is -2.25. The van der Waals surface area contributed by atoms with Gasteiger partial charge in [0, 0.05) is 4.47 Å². The Morgan fingerprint density at radius 3 is 3.08 bits per heavy atom. The molecule has 1 atom stereocenters. The molecular formula is C12H15Br. The molecule has 0 radical (unpaired) electrons. The van der Waals surface area contributed by atoms with E-state index in [4.69, 9.17) is 0 Å². The summed E-state index contributed by atoms with van der Waals surface area (Å²) in [7, 11) is 0. The minimum atomic E-state index is 0.791. The van der Waals surface area contributed by atoms with Crippen molar-refractivity contribution in [2.45, 2.75) is 38.5 Å². The van der Waals surface area contributed by atoms with Crippen LogP contribution in [-0.2, 0) is 6.42 Å². The normalized spacial score (nSPS) is 21.2. The maximum absolute atomic E-state index is 3.66. The number of fused-ring (bicyclic) bond motifs is 1. The minimum Gasteiger partial charge on any atom is -0.0648 e. The van der Waals surface area contributed by atoms with Crippen molar-refractivity contribution in [3.05, 3.63) is 33.8 Å². The molecular weight excluding hydrogens is 224 g/mol. The third-order valence-corrected chi connectivity index (χ3v) is 3.73. The van der Waals surface area contributed by atoms with Crippen molar-refractivity contribution >= 4 is 15.9 Å². The Morgan fingerprint density at radius 2 is 2.31 bits per heavy atom. The maximum atomic E-state index is 3.66. The summed E-state index contributed by atoms with van der Waals surface area (Å²) in [5.41, 5.74) is 3.14. The van der Waals surface area contributed by atoms with Crippen LogP contribution in [0.5, 0.6) is 0 Å². The number of aryl methyl sites for hydroxylation is 1. The smallest absolute Gasteiger partial charge is 0.0212 e. The van der Waals surface area contributed by atoms with Crippen LogP contribution in [0.15, 0.2) is 22.7 Å². The highest BCUT2D eigenvalue weighted by molar-refractivity contribution is 9.10. The molecule has 13 heavy (non-hydrogen) atoms. The summed E-state index contributed by atoms with van der Waals surface area (Å²) < 4.78 is 1.32. The fourth-order valence-corrected chi connectivity index (χ4v) is 3.08. The van der Waals surface area contributed by atoms with Crippen LogP contribution in [0, 0.1) is 0 Å². The molecule has 0 heterocycles. The highest BCUT2D eigenvalue weighted by Gasteiger charge is 2.20. The number of hydrogen-bond donors (Lipinski definition) is 0. The Bertz CT molecular complexity index is 304. The van der Waals surface area contributed by atoms with Crippen molar-refractivity contribution in [3.8, 4) is 0 Å². The summed E-state index contributed by atoms with van der Waals surface area (Å²) in [6.45, 7) is 2.29. The molecule has 0 N–H and O–H groups in total. The lowest BCUT2D eigenvalue weighted by molar-refractivity contribution is 0.538. The molecule has 0 nitrogen and oxygen atoms in total. The van der Waals surface area contributed by atoms with Gasteiger partial charge < -0.3 is 0 Å². The van der Waals surface area contributed by atoms with Crippen LogP contribution in [-0.4, -0.2) is 0 Å². The molecule has 1 unspecified atom stereocenters. The molecule has 0 aromatic heterocycles. The standard InChI is InChI=1S/C12H15Br/c1-2-9-5-3-6-10-7-4-8-11(13)12(9)10/h4,7-9H,2-3,5-6H2,1H3. The first-order chi connectivity index (χ1) is 6.33. The van der Waals surface area contributed by atoms with Crippen LogP contribution < -0.4 is 0 Å². The van der Waals surface area contributed by atoms with Crippen LogP contribution in [0.4, 0.5) is 0 Å². The van der Waals surface area contributed by atoms with Crippen LogP contribution in [0.2, 0.25) is 0 Å². The van der Waals surface area contributed by atoms with E-state index in [0.29, 0.717) is 0 Å². The van der Waals surface area contributed by atoms with Crippen molar-refractivity contribution in [1.29, 1.82) is 0 Å². The molecule has 70 valence electrons. The Morgan fingerprint density at radius 1 is 1.46 bits per heavy atom. The van der Waals surface area contributed by atoms with Gasteiger partial charge in [-0.15, -0.1) is 0 Å². The SMILES string of the molecule is CCC1CCCc2cccc(Br)c21. The molecule has 1 aliphatic rings. The van der Waals surface area contributed by atoms with Crippen LogP contribution in [0.25, 0.3) is 0 Å². The minimum absolute atomic E-state index is 0.791. The average molecular weight is 239 g/mol. The second-order valence-electron chi connectivity index (χ2n) is 3.81. The monoisotopic (exact) mass is 238 g/mol. The van der Waals surface area contributed by atoms with E-state index in [1.165, 1.54) is 30.2 Å². The van der Waals surface area contributed by atoms with Crippen LogP contribution >= 0.6 is 15.9 Å². The molecule has 0 fully saturated rings. The van der Waals surface area contributed by atoms with Gasteiger partial charge in [0.25, 0.3) is 0 Å². The van der Waals surface area contributed by atoms with Gasteiger partial charge in [0.05, 0.1) is 0 Å². The zero-order valence-corrected chi connectivity index (χ0v) is 9.60. The second-order valence-corrected chi connectivity index (χ2v) is 4.66. The number of rotatable bonds is 1. The topological polar surface area (TPSA) is 0 Å². The summed E-state index contributed by atoms with van der Waals surface area (Å²) in [4.78, 5) is 0. The molecule has 0 spiro atoms. The van der Waals surface area contributed by atoms with Gasteiger partial charge in [-0.3, -0.25) is 0 Å². The fourth-order valence-electron chi connectivity index (χ4n) is 2.35. The third kappa shape index (κ3) is 1.67. The van der Waals surface area contributed by atoms with Gasteiger partial charge in [0.1, 0.15) is 0 Å². The highest BCUT2D eigenvalue weighted by atomic mass is 79.9. The van der Waals surface area contributed by atoms with Crippen molar-refractivity contribution in [2.24, 2.45) is 0 Å². The average Bonchev–Trinajstić information content (AvgIpc) is 2.17. The summed E-state index contributed by atoms with van der Waals surface area (Å²) in [6.07, 6.45) is 5.27. The van der Waals surface area contributed by atoms with E-state index in [2.05, 4.69) is 41.1 Å². The molecule has 1 aliphatic carbocycles. The zero-order valence-electron chi connectivity index (χ0n) is 8.02. The van der Waals surface area contributed by atoms with Crippen LogP contribution in [0.1, 0.15) is 43.2 Å². The molecule has 0 bridgehead atoms. The predicted octanol–water partition coefficient (Wildman–Crippen LogP) is 4.28. The van der Waals surface area contributed by atoms with E-state index in [1.54, 1.807) is 11.1 Å². The fraction of sp³-hybridized carbons (Fsp3) is 0.500. The first kappa shape index (κ1) is 9.26. The summed E-state index contributed by atoms with van der Waals surface area (Å²) in [5.74, 6) is 0.791. The van der Waals surface area contributed by atoms with Crippen molar-refractivity contribution in [3.63, 3.8) is 0 Å². The summed E-state index contributed by atoms with van der Waals surface area (Å²) >= 11 is 3.66. The molecule has 0 amide bonds. The molecule has 1 aromatic carbocycles. The Labute approximate surface area is 88.5 Å². The van der Waals surface area contributed by atoms with Crippen molar-refractivity contribution < 1.29 is 0 Å². The predicted molar refractivity (Wildman–Crippen MR) is 60.1 cm³/mol. The lowest BCUT2D eigenvalue weighted by Crippen LogP contribution is -2.09. The molecule has 1 heteroatoms. The van der Waals surface area contributed by atoms with Crippen molar-refractivity contribution in [2.75, 3.05) is 0 Å². The molecule has 0 saturated carbocycles. The number of benzene rings is 1. The van der Waals surface area contributed by atoms with Crippen molar-refractivity contribution in [1.82, 2.24) is 0 Å². The van der Waals surface area contributed by atoms with E-state index in [1.807, 2.05) is 0 Å². The van der Waals surface area contributed by atoms with E-state index < -0.39 is 0 Å². The van der Waals surface area contributed by atoms with Gasteiger partial charge in [-0.25, -0.2) is 0 Å². The zero-order chi connectivity index (χ0) is 9.26.